The highest BCUT2D eigenvalue weighted by Gasteiger charge is 2.33. The van der Waals surface area contributed by atoms with Crippen LogP contribution >= 0.6 is 0 Å². The largest absolute Gasteiger partial charge is 0.310 e. The van der Waals surface area contributed by atoms with Crippen LogP contribution in [0.1, 0.15) is 58.3 Å². The lowest BCUT2D eigenvalue weighted by molar-refractivity contribution is 0.0607. The Bertz CT molecular complexity index is 243. The topological polar surface area (TPSA) is 15.3 Å². The molecule has 0 aromatic heterocycles. The quantitative estimate of drug-likeness (QED) is 0.810. The van der Waals surface area contributed by atoms with Crippen molar-refractivity contribution in [3.05, 3.63) is 0 Å². The van der Waals surface area contributed by atoms with Crippen LogP contribution in [-0.2, 0) is 0 Å². The standard InChI is InChI=1S/C15H28N2/c1-12-9-14(16-13-5-2-3-6-13)11-17(10-12)15-7-4-8-15/h12-16H,2-11H2,1H3. The number of rotatable bonds is 3. The maximum Gasteiger partial charge on any atom is 0.0200 e. The molecule has 2 unspecified atom stereocenters. The molecule has 0 radical (unpaired) electrons. The molecule has 0 aromatic rings. The first-order chi connectivity index (χ1) is 8.31. The molecule has 1 heterocycles. The Morgan fingerprint density at radius 3 is 2.29 bits per heavy atom. The molecule has 3 aliphatic rings. The predicted molar refractivity (Wildman–Crippen MR) is 72.2 cm³/mol. The second-order valence-electron chi connectivity index (χ2n) is 6.72. The molecule has 2 atom stereocenters. The van der Waals surface area contributed by atoms with Crippen molar-refractivity contribution in [1.82, 2.24) is 10.2 Å². The average molecular weight is 236 g/mol. The van der Waals surface area contributed by atoms with E-state index >= 15 is 0 Å². The Morgan fingerprint density at radius 2 is 1.65 bits per heavy atom. The molecule has 2 aliphatic carbocycles. The average Bonchev–Trinajstić information content (AvgIpc) is 2.66. The first-order valence-electron chi connectivity index (χ1n) is 7.81. The molecule has 0 amide bonds. The van der Waals surface area contributed by atoms with Crippen LogP contribution in [-0.4, -0.2) is 36.1 Å². The molecular formula is C15H28N2. The third kappa shape index (κ3) is 2.85. The fourth-order valence-corrected chi connectivity index (χ4v) is 3.99. The van der Waals surface area contributed by atoms with Crippen molar-refractivity contribution in [3.63, 3.8) is 0 Å². The summed E-state index contributed by atoms with van der Waals surface area (Å²) in [6, 6.07) is 2.56. The number of nitrogens with zero attached hydrogens (tertiary/aromatic N) is 1. The first kappa shape index (κ1) is 12.0. The number of likely N-dealkylation sites (tertiary alicyclic amines) is 1. The third-order valence-electron chi connectivity index (χ3n) is 5.11. The molecule has 0 spiro atoms. The fourth-order valence-electron chi connectivity index (χ4n) is 3.99. The zero-order valence-corrected chi connectivity index (χ0v) is 11.3. The Kier molecular flexibility index (Phi) is 3.72. The summed E-state index contributed by atoms with van der Waals surface area (Å²) in [6.07, 6.45) is 11.5. The summed E-state index contributed by atoms with van der Waals surface area (Å²) >= 11 is 0. The van der Waals surface area contributed by atoms with Crippen molar-refractivity contribution in [3.8, 4) is 0 Å². The Balaban J connectivity index is 1.52. The molecule has 1 aliphatic heterocycles. The lowest BCUT2D eigenvalue weighted by Crippen LogP contribution is -2.55. The van der Waals surface area contributed by atoms with Gasteiger partial charge in [-0.05, 0) is 38.0 Å². The molecule has 2 nitrogen and oxygen atoms in total. The van der Waals surface area contributed by atoms with E-state index in [1.165, 1.54) is 64.5 Å². The molecule has 1 saturated heterocycles. The molecule has 0 bridgehead atoms. The van der Waals surface area contributed by atoms with Crippen molar-refractivity contribution >= 4 is 0 Å². The number of nitrogens with one attached hydrogen (secondary N) is 1. The molecule has 17 heavy (non-hydrogen) atoms. The molecule has 0 aromatic carbocycles. The lowest BCUT2D eigenvalue weighted by Gasteiger charge is -2.45. The summed E-state index contributed by atoms with van der Waals surface area (Å²) in [5.74, 6) is 0.892. The second-order valence-corrected chi connectivity index (χ2v) is 6.72. The maximum absolute atomic E-state index is 3.94. The summed E-state index contributed by atoms with van der Waals surface area (Å²) in [7, 11) is 0. The highest BCUT2D eigenvalue weighted by molar-refractivity contribution is 4.90. The number of hydrogen-bond acceptors (Lipinski definition) is 2. The van der Waals surface area contributed by atoms with Crippen LogP contribution in [0, 0.1) is 5.92 Å². The molecule has 3 fully saturated rings. The molecule has 1 N–H and O–H groups in total. The normalized spacial score (nSPS) is 37.2. The van der Waals surface area contributed by atoms with Crippen molar-refractivity contribution in [2.24, 2.45) is 5.92 Å². The van der Waals surface area contributed by atoms with Crippen molar-refractivity contribution in [2.75, 3.05) is 13.1 Å². The Morgan fingerprint density at radius 1 is 0.882 bits per heavy atom. The van der Waals surface area contributed by atoms with Gasteiger partial charge in [0.05, 0.1) is 0 Å². The van der Waals surface area contributed by atoms with Gasteiger partial charge in [0.2, 0.25) is 0 Å². The molecule has 2 heteroatoms. The van der Waals surface area contributed by atoms with Crippen molar-refractivity contribution in [2.45, 2.75) is 76.4 Å². The summed E-state index contributed by atoms with van der Waals surface area (Å²) < 4.78 is 0. The number of hydrogen-bond donors (Lipinski definition) is 1. The minimum atomic E-state index is 0.780. The van der Waals surface area contributed by atoms with Gasteiger partial charge in [0, 0.05) is 31.2 Å². The van der Waals surface area contributed by atoms with Crippen molar-refractivity contribution < 1.29 is 0 Å². The van der Waals surface area contributed by atoms with E-state index in [4.69, 9.17) is 0 Å². The van der Waals surface area contributed by atoms with E-state index in [1.54, 1.807) is 0 Å². The second kappa shape index (κ2) is 5.27. The van der Waals surface area contributed by atoms with Gasteiger partial charge in [0.25, 0.3) is 0 Å². The van der Waals surface area contributed by atoms with E-state index in [0.717, 1.165) is 24.0 Å². The molecular weight excluding hydrogens is 208 g/mol. The third-order valence-corrected chi connectivity index (χ3v) is 5.11. The van der Waals surface area contributed by atoms with Gasteiger partial charge in [-0.25, -0.2) is 0 Å². The monoisotopic (exact) mass is 236 g/mol. The fraction of sp³-hybridized carbons (Fsp3) is 1.00. The smallest absolute Gasteiger partial charge is 0.0200 e. The Hall–Kier alpha value is -0.0800. The van der Waals surface area contributed by atoms with Crippen LogP contribution in [0.3, 0.4) is 0 Å². The van der Waals surface area contributed by atoms with Gasteiger partial charge in [-0.2, -0.15) is 0 Å². The van der Waals surface area contributed by atoms with Crippen molar-refractivity contribution in [1.29, 1.82) is 0 Å². The first-order valence-corrected chi connectivity index (χ1v) is 7.81. The lowest BCUT2D eigenvalue weighted by atomic mass is 9.87. The zero-order valence-electron chi connectivity index (χ0n) is 11.3. The number of piperidine rings is 1. The molecule has 3 rings (SSSR count). The van der Waals surface area contributed by atoms with Gasteiger partial charge < -0.3 is 5.32 Å². The summed E-state index contributed by atoms with van der Waals surface area (Å²) in [5.41, 5.74) is 0. The zero-order chi connectivity index (χ0) is 11.7. The van der Waals surface area contributed by atoms with Crippen LogP contribution in [0.15, 0.2) is 0 Å². The van der Waals surface area contributed by atoms with E-state index in [1.807, 2.05) is 0 Å². The van der Waals surface area contributed by atoms with Crippen LogP contribution in [0.4, 0.5) is 0 Å². The minimum absolute atomic E-state index is 0.780. The summed E-state index contributed by atoms with van der Waals surface area (Å²) in [5, 5.41) is 3.94. The van der Waals surface area contributed by atoms with Gasteiger partial charge in [-0.3, -0.25) is 4.90 Å². The summed E-state index contributed by atoms with van der Waals surface area (Å²) in [4.78, 5) is 2.78. The minimum Gasteiger partial charge on any atom is -0.310 e. The van der Waals surface area contributed by atoms with Gasteiger partial charge in [0.1, 0.15) is 0 Å². The van der Waals surface area contributed by atoms with E-state index in [2.05, 4.69) is 17.1 Å². The highest BCUT2D eigenvalue weighted by atomic mass is 15.2. The summed E-state index contributed by atoms with van der Waals surface area (Å²) in [6.45, 7) is 5.12. The predicted octanol–water partition coefficient (Wildman–Crippen LogP) is 2.78. The van der Waals surface area contributed by atoms with E-state index in [-0.39, 0.29) is 0 Å². The van der Waals surface area contributed by atoms with Crippen LogP contribution in [0.5, 0.6) is 0 Å². The van der Waals surface area contributed by atoms with E-state index in [0.29, 0.717) is 0 Å². The van der Waals surface area contributed by atoms with Gasteiger partial charge >= 0.3 is 0 Å². The van der Waals surface area contributed by atoms with Crippen LogP contribution in [0.25, 0.3) is 0 Å². The Labute approximate surface area is 106 Å². The van der Waals surface area contributed by atoms with Gasteiger partial charge in [-0.1, -0.05) is 26.2 Å². The highest BCUT2D eigenvalue weighted by Crippen LogP contribution is 2.29. The SMILES string of the molecule is CC1CC(NC2CCCC2)CN(C2CCC2)C1. The van der Waals surface area contributed by atoms with E-state index < -0.39 is 0 Å². The van der Waals surface area contributed by atoms with Crippen LogP contribution in [0.2, 0.25) is 0 Å². The maximum atomic E-state index is 3.94. The van der Waals surface area contributed by atoms with E-state index in [9.17, 15) is 0 Å². The molecule has 98 valence electrons. The van der Waals surface area contributed by atoms with Crippen LogP contribution < -0.4 is 5.32 Å². The van der Waals surface area contributed by atoms with Gasteiger partial charge in [0.15, 0.2) is 0 Å². The van der Waals surface area contributed by atoms with Gasteiger partial charge in [-0.15, -0.1) is 0 Å². The molecule has 2 saturated carbocycles.